The predicted octanol–water partition coefficient (Wildman–Crippen LogP) is 6.96. The Morgan fingerprint density at radius 1 is 0.467 bits per heavy atom. The second kappa shape index (κ2) is 13.9. The van der Waals surface area contributed by atoms with Crippen LogP contribution in [0.5, 0.6) is 11.5 Å². The topological polar surface area (TPSA) is 40.5 Å². The van der Waals surface area contributed by atoms with Crippen molar-refractivity contribution >= 4 is 0 Å². The summed E-state index contributed by atoms with van der Waals surface area (Å²) in [6.07, 6.45) is -8.65. The molecule has 0 radical (unpaired) electrons. The van der Waals surface area contributed by atoms with E-state index in [0.717, 1.165) is 48.5 Å². The standard InChI is InChI=1S/2C7H5F3O.C6H6.CH3.Zr/c2*8-7(9,10)5-1-3-6(11)4-2-5;1-2-4-6-5-3-1;;/h2*1-4,11H;1-6H;1H3;/q;;;-1;. The molecule has 0 aliphatic rings. The van der Waals surface area contributed by atoms with Crippen molar-refractivity contribution in [3.05, 3.63) is 103 Å². The number of phenols is 2. The molecule has 30 heavy (non-hydrogen) atoms. The zero-order chi connectivity index (χ0) is 21.2. The van der Waals surface area contributed by atoms with Crippen LogP contribution in [0.4, 0.5) is 26.3 Å². The van der Waals surface area contributed by atoms with Gasteiger partial charge >= 0.3 is 12.4 Å². The number of alkyl halides is 6. The third kappa shape index (κ3) is 12.3. The largest absolute Gasteiger partial charge is 0.508 e. The van der Waals surface area contributed by atoms with Crippen LogP contribution in [0.15, 0.2) is 84.9 Å². The van der Waals surface area contributed by atoms with Gasteiger partial charge in [-0.05, 0) is 48.5 Å². The fraction of sp³-hybridized carbons (Fsp3) is 0.0952. The molecule has 0 bridgehead atoms. The Morgan fingerprint density at radius 3 is 0.833 bits per heavy atom. The molecule has 0 heterocycles. The van der Waals surface area contributed by atoms with Gasteiger partial charge in [-0.2, -0.15) is 26.3 Å². The van der Waals surface area contributed by atoms with E-state index in [1.54, 1.807) is 0 Å². The Hall–Kier alpha value is -2.28. The van der Waals surface area contributed by atoms with Crippen LogP contribution in [0, 0.1) is 7.43 Å². The van der Waals surface area contributed by atoms with Crippen LogP contribution >= 0.6 is 0 Å². The molecule has 162 valence electrons. The number of halogens is 6. The van der Waals surface area contributed by atoms with E-state index in [2.05, 4.69) is 0 Å². The van der Waals surface area contributed by atoms with Crippen molar-refractivity contribution in [3.63, 3.8) is 0 Å². The monoisotopic (exact) mass is 507 g/mol. The quantitative estimate of drug-likeness (QED) is 0.255. The molecule has 0 aromatic heterocycles. The van der Waals surface area contributed by atoms with Crippen molar-refractivity contribution < 1.29 is 62.8 Å². The summed E-state index contributed by atoms with van der Waals surface area (Å²) >= 11 is 0. The molecule has 3 aromatic carbocycles. The number of phenolic OH excluding ortho intramolecular Hbond substituents is 2. The fourth-order valence-electron chi connectivity index (χ4n) is 1.69. The molecule has 0 unspecified atom stereocenters. The molecule has 3 aromatic rings. The van der Waals surface area contributed by atoms with Crippen LogP contribution < -0.4 is 0 Å². The van der Waals surface area contributed by atoms with E-state index in [1.165, 1.54) is 0 Å². The van der Waals surface area contributed by atoms with E-state index < -0.39 is 23.5 Å². The molecule has 0 atom stereocenters. The molecule has 2 N–H and O–H groups in total. The Morgan fingerprint density at radius 2 is 0.667 bits per heavy atom. The summed E-state index contributed by atoms with van der Waals surface area (Å²) in [5.41, 5.74) is -1.51. The maximum Gasteiger partial charge on any atom is 0.416 e. The van der Waals surface area contributed by atoms with Crippen LogP contribution in [-0.2, 0) is 38.6 Å². The van der Waals surface area contributed by atoms with Gasteiger partial charge in [0.2, 0.25) is 0 Å². The first-order valence-corrected chi connectivity index (χ1v) is 7.72. The van der Waals surface area contributed by atoms with Gasteiger partial charge in [-0.25, -0.2) is 0 Å². The smallest absolute Gasteiger partial charge is 0.416 e. The van der Waals surface area contributed by atoms with E-state index in [9.17, 15) is 26.3 Å². The van der Waals surface area contributed by atoms with E-state index in [1.807, 2.05) is 36.4 Å². The summed E-state index contributed by atoms with van der Waals surface area (Å²) < 4.78 is 71.0. The van der Waals surface area contributed by atoms with Gasteiger partial charge in [0.05, 0.1) is 11.1 Å². The number of rotatable bonds is 0. The number of hydrogen-bond donors (Lipinski definition) is 2. The van der Waals surface area contributed by atoms with Gasteiger partial charge in [0, 0.05) is 26.2 Å². The fourth-order valence-corrected chi connectivity index (χ4v) is 1.69. The number of benzene rings is 3. The van der Waals surface area contributed by atoms with Gasteiger partial charge in [-0.3, -0.25) is 0 Å². The molecule has 0 aliphatic carbocycles. The zero-order valence-electron chi connectivity index (χ0n) is 15.7. The minimum Gasteiger partial charge on any atom is -0.508 e. The Kier molecular flexibility index (Phi) is 13.8. The summed E-state index contributed by atoms with van der Waals surface area (Å²) in [5.74, 6) is -0.337. The third-order valence-electron chi connectivity index (χ3n) is 3.06. The first-order valence-electron chi connectivity index (χ1n) is 7.72. The van der Waals surface area contributed by atoms with Gasteiger partial charge < -0.3 is 17.6 Å². The number of hydrogen-bond acceptors (Lipinski definition) is 2. The van der Waals surface area contributed by atoms with Crippen LogP contribution in [0.1, 0.15) is 11.1 Å². The average Bonchev–Trinajstić information content (AvgIpc) is 2.63. The minimum atomic E-state index is -4.33. The molecular formula is C21H19F6O2Zr-. The van der Waals surface area contributed by atoms with Crippen molar-refractivity contribution in [1.82, 2.24) is 0 Å². The molecule has 9 heteroatoms. The summed E-state index contributed by atoms with van der Waals surface area (Å²) in [4.78, 5) is 0. The Bertz CT molecular complexity index is 720. The molecular weight excluding hydrogens is 489 g/mol. The maximum absolute atomic E-state index is 11.8. The van der Waals surface area contributed by atoms with Crippen LogP contribution in [-0.4, -0.2) is 10.2 Å². The average molecular weight is 509 g/mol. The molecule has 0 saturated heterocycles. The van der Waals surface area contributed by atoms with Crippen LogP contribution in [0.2, 0.25) is 0 Å². The normalized spacial score (nSPS) is 10.1. The molecule has 0 aliphatic heterocycles. The summed E-state index contributed by atoms with van der Waals surface area (Å²) in [6.45, 7) is 0. The second-order valence-electron chi connectivity index (χ2n) is 5.24. The van der Waals surface area contributed by atoms with Gasteiger partial charge in [0.25, 0.3) is 0 Å². The molecule has 2 nitrogen and oxygen atoms in total. The Balaban J connectivity index is 0. The summed E-state index contributed by atoms with van der Waals surface area (Å²) in [6, 6.07) is 19.3. The SMILES string of the molecule is Oc1ccc(C(F)(F)F)cc1.Oc1ccc(C(F)(F)F)cc1.[CH3-].[Zr].c1ccccc1. The molecule has 0 amide bonds. The van der Waals surface area contributed by atoms with Gasteiger partial charge in [0.15, 0.2) is 0 Å². The van der Waals surface area contributed by atoms with Crippen LogP contribution in [0.25, 0.3) is 0 Å². The van der Waals surface area contributed by atoms with Crippen molar-refractivity contribution in [3.8, 4) is 11.5 Å². The maximum atomic E-state index is 11.8. The first kappa shape index (κ1) is 29.9. The molecule has 3 rings (SSSR count). The second-order valence-corrected chi connectivity index (χ2v) is 5.24. The molecule has 0 spiro atoms. The van der Waals surface area contributed by atoms with E-state index in [0.29, 0.717) is 0 Å². The molecule has 0 saturated carbocycles. The van der Waals surface area contributed by atoms with Gasteiger partial charge in [-0.15, -0.1) is 0 Å². The van der Waals surface area contributed by atoms with Crippen molar-refractivity contribution in [2.24, 2.45) is 0 Å². The van der Waals surface area contributed by atoms with Crippen molar-refractivity contribution in [1.29, 1.82) is 0 Å². The van der Waals surface area contributed by atoms with Gasteiger partial charge in [-0.1, -0.05) is 36.4 Å². The van der Waals surface area contributed by atoms with E-state index >= 15 is 0 Å². The van der Waals surface area contributed by atoms with E-state index in [-0.39, 0.29) is 45.1 Å². The Labute approximate surface area is 189 Å². The van der Waals surface area contributed by atoms with Crippen LogP contribution in [0.3, 0.4) is 0 Å². The third-order valence-corrected chi connectivity index (χ3v) is 3.06. The molecule has 0 fully saturated rings. The minimum absolute atomic E-state index is 0. The van der Waals surface area contributed by atoms with Gasteiger partial charge in [0.1, 0.15) is 11.5 Å². The van der Waals surface area contributed by atoms with E-state index in [4.69, 9.17) is 10.2 Å². The predicted molar refractivity (Wildman–Crippen MR) is 99.1 cm³/mol. The summed E-state index contributed by atoms with van der Waals surface area (Å²) in [5, 5.41) is 17.3. The number of aromatic hydroxyl groups is 2. The van der Waals surface area contributed by atoms with Crippen molar-refractivity contribution in [2.75, 3.05) is 0 Å². The zero-order valence-corrected chi connectivity index (χ0v) is 18.2. The van der Waals surface area contributed by atoms with Crippen molar-refractivity contribution in [2.45, 2.75) is 12.4 Å². The summed E-state index contributed by atoms with van der Waals surface area (Å²) in [7, 11) is 0. The first-order chi connectivity index (χ1) is 13.0.